The molecule has 0 saturated carbocycles. The van der Waals surface area contributed by atoms with Crippen molar-refractivity contribution in [3.8, 4) is 11.3 Å². The quantitative estimate of drug-likeness (QED) is 0.333. The largest absolute Gasteiger partial charge is 0.264 e. The van der Waals surface area contributed by atoms with Gasteiger partial charge in [-0.1, -0.05) is 65.7 Å². The van der Waals surface area contributed by atoms with Gasteiger partial charge in [0.15, 0.2) is 0 Å². The van der Waals surface area contributed by atoms with Gasteiger partial charge in [0.05, 0.1) is 22.0 Å². The Morgan fingerprint density at radius 3 is 2.63 bits per heavy atom. The topological polar surface area (TPSA) is 42.5 Å². The molecule has 0 spiro atoms. The highest BCUT2D eigenvalue weighted by molar-refractivity contribution is 7.07. The summed E-state index contributed by atoms with van der Waals surface area (Å²) in [6.45, 7) is 0.674. The van der Waals surface area contributed by atoms with Crippen LogP contribution in [0.15, 0.2) is 88.5 Å². The third-order valence-electron chi connectivity index (χ3n) is 4.40. The SMILES string of the molecule is Clc1ccc(-c2csc(=NCCc3ccccc3)n2N=Cc2cccnc2)cc1Cl. The molecule has 0 amide bonds. The summed E-state index contributed by atoms with van der Waals surface area (Å²) < 4.78 is 1.84. The summed E-state index contributed by atoms with van der Waals surface area (Å²) in [5.41, 5.74) is 3.99. The number of hydrogen-bond donors (Lipinski definition) is 0. The van der Waals surface area contributed by atoms with E-state index in [1.807, 2.05) is 52.5 Å². The average Bonchev–Trinajstić information content (AvgIpc) is 3.18. The van der Waals surface area contributed by atoms with Crippen molar-refractivity contribution in [2.75, 3.05) is 6.54 Å². The summed E-state index contributed by atoms with van der Waals surface area (Å²) in [6, 6.07) is 19.7. The van der Waals surface area contributed by atoms with Gasteiger partial charge in [0.1, 0.15) is 0 Å². The van der Waals surface area contributed by atoms with Crippen molar-refractivity contribution in [2.45, 2.75) is 6.42 Å². The first-order valence-electron chi connectivity index (χ1n) is 9.35. The molecule has 0 bridgehead atoms. The van der Waals surface area contributed by atoms with E-state index < -0.39 is 0 Å². The number of nitrogens with zero attached hydrogens (tertiary/aromatic N) is 4. The maximum Gasteiger partial charge on any atom is 0.206 e. The molecule has 7 heteroatoms. The Balaban J connectivity index is 1.70. The van der Waals surface area contributed by atoms with E-state index in [1.165, 1.54) is 5.56 Å². The normalized spacial score (nSPS) is 12.0. The van der Waals surface area contributed by atoms with Crippen LogP contribution in [0.3, 0.4) is 0 Å². The molecule has 30 heavy (non-hydrogen) atoms. The van der Waals surface area contributed by atoms with Crippen molar-refractivity contribution in [3.63, 3.8) is 0 Å². The van der Waals surface area contributed by atoms with E-state index in [9.17, 15) is 0 Å². The Labute approximate surface area is 188 Å². The van der Waals surface area contributed by atoms with Crippen molar-refractivity contribution in [3.05, 3.63) is 104 Å². The van der Waals surface area contributed by atoms with Crippen LogP contribution in [0.4, 0.5) is 0 Å². The second kappa shape index (κ2) is 9.85. The molecule has 0 radical (unpaired) electrons. The van der Waals surface area contributed by atoms with Crippen LogP contribution in [0.1, 0.15) is 11.1 Å². The molecule has 0 atom stereocenters. The van der Waals surface area contributed by atoms with Crippen molar-refractivity contribution in [1.82, 2.24) is 9.66 Å². The Morgan fingerprint density at radius 2 is 1.87 bits per heavy atom. The van der Waals surface area contributed by atoms with Crippen LogP contribution >= 0.6 is 34.5 Å². The summed E-state index contributed by atoms with van der Waals surface area (Å²) in [5, 5.41) is 7.74. The molecule has 4 rings (SSSR count). The van der Waals surface area contributed by atoms with Gasteiger partial charge in [-0.05, 0) is 30.2 Å². The zero-order chi connectivity index (χ0) is 20.8. The molecule has 0 unspecified atom stereocenters. The van der Waals surface area contributed by atoms with E-state index in [2.05, 4.69) is 22.2 Å². The van der Waals surface area contributed by atoms with Gasteiger partial charge in [0.2, 0.25) is 4.80 Å². The monoisotopic (exact) mass is 452 g/mol. The minimum atomic E-state index is 0.505. The maximum absolute atomic E-state index is 6.24. The number of rotatable bonds is 6. The van der Waals surface area contributed by atoms with Crippen LogP contribution in [0.5, 0.6) is 0 Å². The highest BCUT2D eigenvalue weighted by Crippen LogP contribution is 2.28. The molecule has 0 N–H and O–H groups in total. The zero-order valence-corrected chi connectivity index (χ0v) is 18.3. The second-order valence-corrected chi connectivity index (χ2v) is 8.14. The van der Waals surface area contributed by atoms with Crippen molar-refractivity contribution < 1.29 is 0 Å². The van der Waals surface area contributed by atoms with Gasteiger partial charge in [-0.25, -0.2) is 4.68 Å². The maximum atomic E-state index is 6.24. The molecule has 0 fully saturated rings. The van der Waals surface area contributed by atoms with E-state index in [0.29, 0.717) is 16.6 Å². The molecule has 4 aromatic rings. The molecule has 0 aliphatic heterocycles. The molecule has 150 valence electrons. The fourth-order valence-corrected chi connectivity index (χ4v) is 4.04. The number of benzene rings is 2. The summed E-state index contributed by atoms with van der Waals surface area (Å²) >= 11 is 13.9. The zero-order valence-electron chi connectivity index (χ0n) is 16.0. The Bertz CT molecular complexity index is 1210. The fourth-order valence-electron chi connectivity index (χ4n) is 2.88. The molecule has 2 aromatic heterocycles. The molecule has 2 heterocycles. The van der Waals surface area contributed by atoms with Crippen LogP contribution in [0.25, 0.3) is 11.3 Å². The summed E-state index contributed by atoms with van der Waals surface area (Å²) in [5.74, 6) is 0. The molecule has 0 saturated heterocycles. The van der Waals surface area contributed by atoms with Gasteiger partial charge in [0, 0.05) is 35.4 Å². The van der Waals surface area contributed by atoms with Crippen molar-refractivity contribution in [1.29, 1.82) is 0 Å². The summed E-state index contributed by atoms with van der Waals surface area (Å²) in [6.07, 6.45) is 6.15. The molecule has 4 nitrogen and oxygen atoms in total. The van der Waals surface area contributed by atoms with Crippen LogP contribution < -0.4 is 4.80 Å². The lowest BCUT2D eigenvalue weighted by Gasteiger charge is -2.05. The van der Waals surface area contributed by atoms with Gasteiger partial charge in [-0.15, -0.1) is 11.3 Å². The Morgan fingerprint density at radius 1 is 1.00 bits per heavy atom. The van der Waals surface area contributed by atoms with Gasteiger partial charge in [-0.2, -0.15) is 5.10 Å². The first-order chi connectivity index (χ1) is 14.7. The first-order valence-corrected chi connectivity index (χ1v) is 11.0. The van der Waals surface area contributed by atoms with Crippen molar-refractivity contribution >= 4 is 40.8 Å². The Hall–Kier alpha value is -2.73. The van der Waals surface area contributed by atoms with Crippen LogP contribution in [0, 0.1) is 0 Å². The number of pyridine rings is 1. The Kier molecular flexibility index (Phi) is 6.74. The minimum Gasteiger partial charge on any atom is -0.264 e. The molecule has 0 aliphatic rings. The predicted molar refractivity (Wildman–Crippen MR) is 126 cm³/mol. The third kappa shape index (κ3) is 5.05. The van der Waals surface area contributed by atoms with Gasteiger partial charge in [-0.3, -0.25) is 9.98 Å². The first kappa shape index (κ1) is 20.5. The predicted octanol–water partition coefficient (Wildman–Crippen LogP) is 5.94. The average molecular weight is 453 g/mol. The molecule has 2 aromatic carbocycles. The van der Waals surface area contributed by atoms with Crippen LogP contribution in [0.2, 0.25) is 10.0 Å². The molecule has 0 aliphatic carbocycles. The van der Waals surface area contributed by atoms with Gasteiger partial charge < -0.3 is 0 Å². The van der Waals surface area contributed by atoms with E-state index in [0.717, 1.165) is 28.0 Å². The van der Waals surface area contributed by atoms with E-state index in [1.54, 1.807) is 36.0 Å². The lowest BCUT2D eigenvalue weighted by molar-refractivity contribution is 0.816. The van der Waals surface area contributed by atoms with E-state index in [-0.39, 0.29) is 0 Å². The van der Waals surface area contributed by atoms with Crippen LogP contribution in [-0.4, -0.2) is 22.4 Å². The highest BCUT2D eigenvalue weighted by Gasteiger charge is 2.09. The van der Waals surface area contributed by atoms with E-state index >= 15 is 0 Å². The molecular weight excluding hydrogens is 435 g/mol. The summed E-state index contributed by atoms with van der Waals surface area (Å²) in [7, 11) is 0. The smallest absolute Gasteiger partial charge is 0.206 e. The fraction of sp³-hybridized carbons (Fsp3) is 0.0870. The summed E-state index contributed by atoms with van der Waals surface area (Å²) in [4.78, 5) is 9.74. The number of thiazole rings is 1. The standard InChI is InChI=1S/C23H18Cl2N4S/c24-20-9-8-19(13-21(20)25)22-16-30-23(27-12-10-17-5-2-1-3-6-17)29(22)28-15-18-7-4-11-26-14-18/h1-9,11,13-16H,10,12H2. The number of halogens is 2. The van der Waals surface area contributed by atoms with E-state index in [4.69, 9.17) is 28.2 Å². The van der Waals surface area contributed by atoms with Gasteiger partial charge >= 0.3 is 0 Å². The highest BCUT2D eigenvalue weighted by atomic mass is 35.5. The van der Waals surface area contributed by atoms with Gasteiger partial charge in [0.25, 0.3) is 0 Å². The number of hydrogen-bond acceptors (Lipinski definition) is 4. The molecular formula is C23H18Cl2N4S. The third-order valence-corrected chi connectivity index (χ3v) is 5.99. The van der Waals surface area contributed by atoms with Crippen LogP contribution in [-0.2, 0) is 6.42 Å². The lowest BCUT2D eigenvalue weighted by Crippen LogP contribution is -2.13. The minimum absolute atomic E-state index is 0.505. The number of aromatic nitrogens is 2. The second-order valence-electron chi connectivity index (χ2n) is 6.49. The van der Waals surface area contributed by atoms with Crippen molar-refractivity contribution in [2.24, 2.45) is 10.1 Å². The lowest BCUT2D eigenvalue weighted by atomic mass is 10.2.